The molecule has 0 aliphatic heterocycles. The van der Waals surface area contributed by atoms with Gasteiger partial charge in [0.25, 0.3) is 0 Å². The number of allylic oxidation sites excluding steroid dienone is 1. The van der Waals surface area contributed by atoms with Crippen molar-refractivity contribution in [3.8, 4) is 0 Å². The van der Waals surface area contributed by atoms with Gasteiger partial charge < -0.3 is 0 Å². The van der Waals surface area contributed by atoms with E-state index in [-0.39, 0.29) is 0 Å². The third-order valence-corrected chi connectivity index (χ3v) is 2.84. The van der Waals surface area contributed by atoms with E-state index in [1.807, 2.05) is 18.2 Å². The van der Waals surface area contributed by atoms with Crippen LogP contribution in [0.15, 0.2) is 48.8 Å². The fraction of sp³-hybridized carbons (Fsp3) is 0.188. The summed E-state index contributed by atoms with van der Waals surface area (Å²) in [6, 6.07) is 7.71. The Hall–Kier alpha value is -2.03. The maximum absolute atomic E-state index is 13.4. The molecule has 3 heteroatoms. The van der Waals surface area contributed by atoms with E-state index in [0.29, 0.717) is 5.56 Å². The van der Waals surface area contributed by atoms with Crippen molar-refractivity contribution in [1.29, 1.82) is 0 Å². The summed E-state index contributed by atoms with van der Waals surface area (Å²) in [5.74, 6) is -1.66. The Morgan fingerprint density at radius 3 is 2.63 bits per heavy atom. The average Bonchev–Trinajstić information content (AvgIpc) is 2.44. The second kappa shape index (κ2) is 6.23. The molecule has 0 atom stereocenters. The summed E-state index contributed by atoms with van der Waals surface area (Å²) in [6.45, 7) is 2.07. The van der Waals surface area contributed by atoms with E-state index >= 15 is 0 Å². The van der Waals surface area contributed by atoms with Gasteiger partial charge >= 0.3 is 0 Å². The fourth-order valence-electron chi connectivity index (χ4n) is 1.88. The highest BCUT2D eigenvalue weighted by Gasteiger charge is 2.08. The first-order valence-corrected chi connectivity index (χ1v) is 6.28. The van der Waals surface area contributed by atoms with Crippen molar-refractivity contribution >= 4 is 5.57 Å². The van der Waals surface area contributed by atoms with Crippen LogP contribution in [-0.4, -0.2) is 4.98 Å². The first-order chi connectivity index (χ1) is 9.22. The zero-order valence-electron chi connectivity index (χ0n) is 10.7. The molecule has 0 N–H and O–H groups in total. The van der Waals surface area contributed by atoms with Crippen LogP contribution in [-0.2, 0) is 0 Å². The zero-order valence-corrected chi connectivity index (χ0v) is 10.7. The van der Waals surface area contributed by atoms with Crippen LogP contribution in [0.25, 0.3) is 5.57 Å². The van der Waals surface area contributed by atoms with E-state index in [9.17, 15) is 8.78 Å². The van der Waals surface area contributed by atoms with E-state index in [0.717, 1.165) is 30.0 Å². The molecule has 1 aromatic heterocycles. The molecule has 0 unspecified atom stereocenters. The van der Waals surface area contributed by atoms with Crippen LogP contribution in [0.5, 0.6) is 0 Å². The molecule has 0 spiro atoms. The lowest BCUT2D eigenvalue weighted by molar-refractivity contribution is 0.508. The fourth-order valence-corrected chi connectivity index (χ4v) is 1.88. The summed E-state index contributed by atoms with van der Waals surface area (Å²) in [5.41, 5.74) is 2.45. The molecule has 0 saturated carbocycles. The van der Waals surface area contributed by atoms with Crippen molar-refractivity contribution in [2.24, 2.45) is 0 Å². The lowest BCUT2D eigenvalue weighted by Crippen LogP contribution is -1.92. The largest absolute Gasteiger partial charge is 0.264 e. The van der Waals surface area contributed by atoms with E-state index in [1.165, 1.54) is 6.07 Å². The van der Waals surface area contributed by atoms with Gasteiger partial charge in [-0.2, -0.15) is 0 Å². The van der Waals surface area contributed by atoms with E-state index in [4.69, 9.17) is 0 Å². The number of benzene rings is 1. The smallest absolute Gasteiger partial charge is 0.159 e. The van der Waals surface area contributed by atoms with Gasteiger partial charge in [-0.05, 0) is 35.8 Å². The first kappa shape index (κ1) is 13.4. The van der Waals surface area contributed by atoms with Gasteiger partial charge in [0.1, 0.15) is 0 Å². The second-order valence-electron chi connectivity index (χ2n) is 4.28. The van der Waals surface area contributed by atoms with Crippen LogP contribution < -0.4 is 0 Å². The van der Waals surface area contributed by atoms with Gasteiger partial charge in [0.05, 0.1) is 0 Å². The standard InChI is InChI=1S/C16H15F2N/c1-2-3-6-14(13-5-4-9-19-11-13)12-7-8-15(17)16(18)10-12/h4-11H,2-3H2,1H3/b14-6+. The van der Waals surface area contributed by atoms with Crippen LogP contribution in [0.2, 0.25) is 0 Å². The lowest BCUT2D eigenvalue weighted by Gasteiger charge is -2.08. The molecule has 1 aromatic carbocycles. The number of nitrogens with zero attached hydrogens (tertiary/aromatic N) is 1. The van der Waals surface area contributed by atoms with Gasteiger partial charge in [-0.15, -0.1) is 0 Å². The Morgan fingerprint density at radius 1 is 1.16 bits per heavy atom. The van der Waals surface area contributed by atoms with Gasteiger partial charge in [0.15, 0.2) is 11.6 Å². The van der Waals surface area contributed by atoms with E-state index < -0.39 is 11.6 Å². The highest BCUT2D eigenvalue weighted by Crippen LogP contribution is 2.25. The van der Waals surface area contributed by atoms with E-state index in [1.54, 1.807) is 18.5 Å². The van der Waals surface area contributed by atoms with Gasteiger partial charge in [-0.25, -0.2) is 8.78 Å². The zero-order chi connectivity index (χ0) is 13.7. The quantitative estimate of drug-likeness (QED) is 0.782. The average molecular weight is 259 g/mol. The number of hydrogen-bond donors (Lipinski definition) is 0. The molecule has 0 fully saturated rings. The van der Waals surface area contributed by atoms with Crippen molar-refractivity contribution < 1.29 is 8.78 Å². The number of rotatable bonds is 4. The predicted octanol–water partition coefficient (Wildman–Crippen LogP) is 4.59. The van der Waals surface area contributed by atoms with Crippen LogP contribution >= 0.6 is 0 Å². The number of halogens is 2. The molecule has 1 heterocycles. The molecular weight excluding hydrogens is 244 g/mol. The third kappa shape index (κ3) is 3.25. The Balaban J connectivity index is 2.46. The molecule has 0 aliphatic rings. The number of hydrogen-bond acceptors (Lipinski definition) is 1. The van der Waals surface area contributed by atoms with Crippen LogP contribution in [0, 0.1) is 11.6 Å². The summed E-state index contributed by atoms with van der Waals surface area (Å²) < 4.78 is 26.4. The molecule has 0 radical (unpaired) electrons. The van der Waals surface area contributed by atoms with Gasteiger partial charge in [-0.1, -0.05) is 31.6 Å². The van der Waals surface area contributed by atoms with Crippen LogP contribution in [0.3, 0.4) is 0 Å². The molecular formula is C16H15F2N. The third-order valence-electron chi connectivity index (χ3n) is 2.84. The van der Waals surface area contributed by atoms with Gasteiger partial charge in [0.2, 0.25) is 0 Å². The SMILES string of the molecule is CCC/C=C(/c1cccnc1)c1ccc(F)c(F)c1. The monoisotopic (exact) mass is 259 g/mol. The molecule has 0 bridgehead atoms. The molecule has 19 heavy (non-hydrogen) atoms. The van der Waals surface area contributed by atoms with Crippen molar-refractivity contribution in [1.82, 2.24) is 4.98 Å². The summed E-state index contributed by atoms with van der Waals surface area (Å²) in [4.78, 5) is 4.07. The first-order valence-electron chi connectivity index (χ1n) is 6.28. The summed E-state index contributed by atoms with van der Waals surface area (Å²) in [7, 11) is 0. The summed E-state index contributed by atoms with van der Waals surface area (Å²) in [5, 5.41) is 0. The minimum absolute atomic E-state index is 0.667. The molecule has 1 nitrogen and oxygen atoms in total. The number of aromatic nitrogens is 1. The predicted molar refractivity (Wildman–Crippen MR) is 72.6 cm³/mol. The highest BCUT2D eigenvalue weighted by atomic mass is 19.2. The second-order valence-corrected chi connectivity index (χ2v) is 4.28. The normalized spacial score (nSPS) is 11.6. The molecule has 2 aromatic rings. The Morgan fingerprint density at radius 2 is 2.00 bits per heavy atom. The van der Waals surface area contributed by atoms with Crippen molar-refractivity contribution in [2.45, 2.75) is 19.8 Å². The lowest BCUT2D eigenvalue weighted by atomic mass is 9.97. The maximum atomic E-state index is 13.4. The number of unbranched alkanes of at least 4 members (excludes halogenated alkanes) is 1. The van der Waals surface area contributed by atoms with Gasteiger partial charge in [0, 0.05) is 18.0 Å². The van der Waals surface area contributed by atoms with Crippen molar-refractivity contribution in [2.75, 3.05) is 0 Å². The highest BCUT2D eigenvalue weighted by molar-refractivity contribution is 5.79. The summed E-state index contributed by atoms with van der Waals surface area (Å²) in [6.07, 6.45) is 7.31. The van der Waals surface area contributed by atoms with Crippen LogP contribution in [0.4, 0.5) is 8.78 Å². The molecule has 2 rings (SSSR count). The molecule has 98 valence electrons. The molecule has 0 aliphatic carbocycles. The summed E-state index contributed by atoms with van der Waals surface area (Å²) >= 11 is 0. The minimum atomic E-state index is -0.830. The Kier molecular flexibility index (Phi) is 4.39. The van der Waals surface area contributed by atoms with E-state index in [2.05, 4.69) is 11.9 Å². The molecule has 0 saturated heterocycles. The topological polar surface area (TPSA) is 12.9 Å². The maximum Gasteiger partial charge on any atom is 0.159 e. The van der Waals surface area contributed by atoms with Crippen molar-refractivity contribution in [3.63, 3.8) is 0 Å². The van der Waals surface area contributed by atoms with Crippen LogP contribution in [0.1, 0.15) is 30.9 Å². The van der Waals surface area contributed by atoms with Crippen molar-refractivity contribution in [3.05, 3.63) is 71.6 Å². The Labute approximate surface area is 111 Å². The number of pyridine rings is 1. The molecule has 0 amide bonds. The minimum Gasteiger partial charge on any atom is -0.264 e. The Bertz CT molecular complexity index is 577. The van der Waals surface area contributed by atoms with Gasteiger partial charge in [-0.3, -0.25) is 4.98 Å².